The van der Waals surface area contributed by atoms with Crippen LogP contribution in [-0.2, 0) is 15.9 Å². The van der Waals surface area contributed by atoms with E-state index in [-0.39, 0.29) is 11.1 Å². The van der Waals surface area contributed by atoms with Crippen molar-refractivity contribution < 1.29 is 13.9 Å². The average Bonchev–Trinajstić information content (AvgIpc) is 2.40. The lowest BCUT2D eigenvalue weighted by atomic mass is 10.1. The SMILES string of the molecule is CCOC(OCC)C(Cc1cccc(Cl)c1F)NN. The first-order valence-electron chi connectivity index (χ1n) is 6.26. The van der Waals surface area contributed by atoms with Crippen LogP contribution in [0.5, 0.6) is 0 Å². The van der Waals surface area contributed by atoms with Crippen LogP contribution in [0, 0.1) is 5.82 Å². The van der Waals surface area contributed by atoms with E-state index in [2.05, 4.69) is 5.43 Å². The molecule has 0 aliphatic heterocycles. The molecule has 0 saturated heterocycles. The molecular weight excluding hydrogens is 271 g/mol. The van der Waals surface area contributed by atoms with Crippen molar-refractivity contribution in [2.24, 2.45) is 5.84 Å². The van der Waals surface area contributed by atoms with E-state index in [9.17, 15) is 4.39 Å². The Balaban J connectivity index is 2.82. The second-order valence-corrected chi connectivity index (χ2v) is 4.38. The first-order valence-corrected chi connectivity index (χ1v) is 6.64. The molecule has 0 saturated carbocycles. The van der Waals surface area contributed by atoms with Gasteiger partial charge in [-0.05, 0) is 31.9 Å². The molecular formula is C13H20ClFN2O2. The van der Waals surface area contributed by atoms with Crippen molar-refractivity contribution in [2.45, 2.75) is 32.6 Å². The van der Waals surface area contributed by atoms with Crippen LogP contribution < -0.4 is 11.3 Å². The largest absolute Gasteiger partial charge is 0.351 e. The summed E-state index contributed by atoms with van der Waals surface area (Å²) in [6, 6.07) is 4.52. The number of halogens is 2. The van der Waals surface area contributed by atoms with Crippen LogP contribution in [0.3, 0.4) is 0 Å². The van der Waals surface area contributed by atoms with Crippen LogP contribution >= 0.6 is 11.6 Å². The maximum Gasteiger partial charge on any atom is 0.174 e. The highest BCUT2D eigenvalue weighted by Crippen LogP contribution is 2.20. The van der Waals surface area contributed by atoms with Gasteiger partial charge >= 0.3 is 0 Å². The Morgan fingerprint density at radius 2 is 1.95 bits per heavy atom. The molecule has 0 spiro atoms. The first kappa shape index (κ1) is 16.3. The summed E-state index contributed by atoms with van der Waals surface area (Å²) in [6.07, 6.45) is -0.202. The molecule has 4 nitrogen and oxygen atoms in total. The molecule has 19 heavy (non-hydrogen) atoms. The van der Waals surface area contributed by atoms with Crippen molar-refractivity contribution in [1.29, 1.82) is 0 Å². The molecule has 1 atom stereocenters. The Bertz CT molecular complexity index is 387. The molecule has 108 valence electrons. The number of hydrogen-bond acceptors (Lipinski definition) is 4. The van der Waals surface area contributed by atoms with Crippen LogP contribution in [0.15, 0.2) is 18.2 Å². The van der Waals surface area contributed by atoms with Gasteiger partial charge in [0.25, 0.3) is 0 Å². The molecule has 0 bridgehead atoms. The van der Waals surface area contributed by atoms with Crippen molar-refractivity contribution >= 4 is 11.6 Å². The van der Waals surface area contributed by atoms with Gasteiger partial charge < -0.3 is 9.47 Å². The normalized spacial score (nSPS) is 12.9. The molecule has 1 aromatic rings. The molecule has 6 heteroatoms. The van der Waals surface area contributed by atoms with Gasteiger partial charge in [-0.25, -0.2) is 4.39 Å². The maximum atomic E-state index is 13.9. The number of ether oxygens (including phenoxy) is 2. The first-order chi connectivity index (χ1) is 9.13. The van der Waals surface area contributed by atoms with Gasteiger partial charge in [-0.3, -0.25) is 11.3 Å². The highest BCUT2D eigenvalue weighted by molar-refractivity contribution is 6.30. The highest BCUT2D eigenvalue weighted by Gasteiger charge is 2.23. The van der Waals surface area contributed by atoms with E-state index in [1.807, 2.05) is 13.8 Å². The Labute approximate surface area is 118 Å². The summed E-state index contributed by atoms with van der Waals surface area (Å²) in [5.74, 6) is 5.07. The third-order valence-corrected chi connectivity index (χ3v) is 2.97. The lowest BCUT2D eigenvalue weighted by molar-refractivity contribution is -0.153. The van der Waals surface area contributed by atoms with Crippen LogP contribution in [-0.4, -0.2) is 25.5 Å². The Morgan fingerprint density at radius 3 is 2.47 bits per heavy atom. The van der Waals surface area contributed by atoms with Crippen LogP contribution in [0.2, 0.25) is 5.02 Å². The number of nitrogens with one attached hydrogen (secondary N) is 1. The predicted molar refractivity (Wildman–Crippen MR) is 73.3 cm³/mol. The summed E-state index contributed by atoms with van der Waals surface area (Å²) in [4.78, 5) is 0. The summed E-state index contributed by atoms with van der Waals surface area (Å²) in [6.45, 7) is 4.70. The quantitative estimate of drug-likeness (QED) is 0.438. The summed E-state index contributed by atoms with van der Waals surface area (Å²) < 4.78 is 24.8. The summed E-state index contributed by atoms with van der Waals surface area (Å²) >= 11 is 5.75. The van der Waals surface area contributed by atoms with E-state index in [4.69, 9.17) is 26.9 Å². The number of nitrogens with two attached hydrogens (primary N) is 1. The van der Waals surface area contributed by atoms with Crippen molar-refractivity contribution in [2.75, 3.05) is 13.2 Å². The molecule has 1 aromatic carbocycles. The molecule has 1 unspecified atom stereocenters. The van der Waals surface area contributed by atoms with Crippen LogP contribution in [0.1, 0.15) is 19.4 Å². The minimum absolute atomic E-state index is 0.0950. The van der Waals surface area contributed by atoms with Crippen molar-refractivity contribution in [3.8, 4) is 0 Å². The van der Waals surface area contributed by atoms with E-state index in [1.54, 1.807) is 12.1 Å². The van der Waals surface area contributed by atoms with Crippen LogP contribution in [0.25, 0.3) is 0 Å². The van der Waals surface area contributed by atoms with Crippen molar-refractivity contribution in [3.05, 3.63) is 34.6 Å². The van der Waals surface area contributed by atoms with Gasteiger partial charge in [-0.1, -0.05) is 23.7 Å². The fraction of sp³-hybridized carbons (Fsp3) is 0.538. The number of rotatable bonds is 8. The number of hydrazine groups is 1. The van der Waals surface area contributed by atoms with E-state index >= 15 is 0 Å². The summed E-state index contributed by atoms with van der Waals surface area (Å²) in [5, 5.41) is 0.0950. The maximum absolute atomic E-state index is 13.9. The molecule has 0 heterocycles. The minimum Gasteiger partial charge on any atom is -0.351 e. The van der Waals surface area contributed by atoms with Crippen LogP contribution in [0.4, 0.5) is 4.39 Å². The van der Waals surface area contributed by atoms with Gasteiger partial charge in [0.2, 0.25) is 0 Å². The van der Waals surface area contributed by atoms with Gasteiger partial charge in [0.15, 0.2) is 6.29 Å². The van der Waals surface area contributed by atoms with Gasteiger partial charge in [0.05, 0.1) is 11.1 Å². The smallest absolute Gasteiger partial charge is 0.174 e. The minimum atomic E-state index is -0.529. The van der Waals surface area contributed by atoms with Crippen molar-refractivity contribution in [3.63, 3.8) is 0 Å². The second kappa shape index (κ2) is 8.45. The summed E-state index contributed by atoms with van der Waals surface area (Å²) in [5.41, 5.74) is 3.08. The summed E-state index contributed by atoms with van der Waals surface area (Å²) in [7, 11) is 0. The van der Waals surface area contributed by atoms with Gasteiger partial charge in [-0.15, -0.1) is 0 Å². The fourth-order valence-electron chi connectivity index (χ4n) is 1.79. The molecule has 0 fully saturated rings. The molecule has 3 N–H and O–H groups in total. The number of benzene rings is 1. The third kappa shape index (κ3) is 4.71. The fourth-order valence-corrected chi connectivity index (χ4v) is 1.98. The third-order valence-electron chi connectivity index (χ3n) is 2.68. The van der Waals surface area contributed by atoms with E-state index in [0.29, 0.717) is 25.2 Å². The van der Waals surface area contributed by atoms with Gasteiger partial charge in [0.1, 0.15) is 5.82 Å². The molecule has 1 rings (SSSR count). The predicted octanol–water partition coefficient (Wildman–Crippen LogP) is 2.25. The molecule has 0 aliphatic rings. The molecule has 0 aromatic heterocycles. The Hall–Kier alpha value is -0.720. The average molecular weight is 291 g/mol. The van der Waals surface area contributed by atoms with E-state index < -0.39 is 12.1 Å². The lowest BCUT2D eigenvalue weighted by Gasteiger charge is -2.26. The zero-order valence-electron chi connectivity index (χ0n) is 11.2. The lowest BCUT2D eigenvalue weighted by Crippen LogP contribution is -2.48. The standard InChI is InChI=1S/C13H20ClFN2O2/c1-3-18-13(19-4-2)11(17-16)8-9-6-5-7-10(14)12(9)15/h5-7,11,13,17H,3-4,8,16H2,1-2H3. The van der Waals surface area contributed by atoms with Crippen molar-refractivity contribution in [1.82, 2.24) is 5.43 Å². The Morgan fingerprint density at radius 1 is 1.32 bits per heavy atom. The zero-order chi connectivity index (χ0) is 14.3. The highest BCUT2D eigenvalue weighted by atomic mass is 35.5. The topological polar surface area (TPSA) is 56.5 Å². The monoisotopic (exact) mass is 290 g/mol. The molecule has 0 aliphatic carbocycles. The van der Waals surface area contributed by atoms with Gasteiger partial charge in [0, 0.05) is 13.2 Å². The zero-order valence-corrected chi connectivity index (χ0v) is 11.9. The molecule has 0 radical (unpaired) electrons. The van der Waals surface area contributed by atoms with E-state index in [1.165, 1.54) is 6.07 Å². The second-order valence-electron chi connectivity index (χ2n) is 3.97. The van der Waals surface area contributed by atoms with E-state index in [0.717, 1.165) is 0 Å². The molecule has 0 amide bonds. The Kier molecular flexibility index (Phi) is 7.27. The number of hydrogen-bond donors (Lipinski definition) is 2. The van der Waals surface area contributed by atoms with Gasteiger partial charge in [-0.2, -0.15) is 0 Å².